The summed E-state index contributed by atoms with van der Waals surface area (Å²) in [6.45, 7) is 3.78. The van der Waals surface area contributed by atoms with Gasteiger partial charge in [0.15, 0.2) is 11.5 Å². The van der Waals surface area contributed by atoms with Gasteiger partial charge in [0.2, 0.25) is 5.24 Å². The Morgan fingerprint density at radius 3 is 1.96 bits per heavy atom. The molecule has 0 atom stereocenters. The van der Waals surface area contributed by atoms with E-state index in [4.69, 9.17) is 35.3 Å². The van der Waals surface area contributed by atoms with Gasteiger partial charge >= 0.3 is 0 Å². The van der Waals surface area contributed by atoms with E-state index < -0.39 is 5.24 Å². The molecule has 24 heavy (non-hydrogen) atoms. The average molecular weight is 357 g/mol. The number of fused-ring (bicyclic) bond motifs is 1. The lowest BCUT2D eigenvalue weighted by atomic mass is 10.2. The molecule has 1 aromatic carbocycles. The molecule has 0 unspecified atom stereocenters. The second kappa shape index (κ2) is 11.0. The van der Waals surface area contributed by atoms with Gasteiger partial charge < -0.3 is 23.7 Å². The van der Waals surface area contributed by atoms with Crippen molar-refractivity contribution in [3.05, 3.63) is 29.8 Å². The van der Waals surface area contributed by atoms with Crippen LogP contribution in [0.1, 0.15) is 5.56 Å². The molecule has 2 rings (SSSR count). The van der Waals surface area contributed by atoms with Crippen molar-refractivity contribution in [2.75, 3.05) is 52.9 Å². The summed E-state index contributed by atoms with van der Waals surface area (Å²) in [5.74, 6) is 1.19. The van der Waals surface area contributed by atoms with Crippen molar-refractivity contribution in [2.45, 2.75) is 0 Å². The van der Waals surface area contributed by atoms with Crippen LogP contribution in [0.3, 0.4) is 0 Å². The maximum Gasteiger partial charge on any atom is 0.245 e. The summed E-state index contributed by atoms with van der Waals surface area (Å²) in [7, 11) is 0. The third-order valence-corrected chi connectivity index (χ3v) is 3.22. The molecule has 1 heterocycles. The molecule has 7 heteroatoms. The maximum absolute atomic E-state index is 10.8. The van der Waals surface area contributed by atoms with Gasteiger partial charge in [-0.3, -0.25) is 4.79 Å². The van der Waals surface area contributed by atoms with Crippen LogP contribution in [0, 0.1) is 0 Å². The molecule has 1 aliphatic heterocycles. The van der Waals surface area contributed by atoms with E-state index in [-0.39, 0.29) is 0 Å². The smallest absolute Gasteiger partial charge is 0.245 e. The highest BCUT2D eigenvalue weighted by Gasteiger charge is 2.07. The Morgan fingerprint density at radius 2 is 1.38 bits per heavy atom. The molecule has 0 fully saturated rings. The molecule has 0 aromatic heterocycles. The summed E-state index contributed by atoms with van der Waals surface area (Å²) in [5.41, 5.74) is 0.787. The predicted octanol–water partition coefficient (Wildman–Crippen LogP) is 2.29. The summed E-state index contributed by atoms with van der Waals surface area (Å²) in [6.07, 6.45) is 2.90. The van der Waals surface area contributed by atoms with Gasteiger partial charge in [0.05, 0.1) is 39.6 Å². The number of ether oxygens (including phenoxy) is 5. The summed E-state index contributed by atoms with van der Waals surface area (Å²) in [4.78, 5) is 10.8. The molecule has 0 N–H and O–H groups in total. The molecule has 0 saturated heterocycles. The van der Waals surface area contributed by atoms with Gasteiger partial charge in [0.25, 0.3) is 0 Å². The molecule has 0 spiro atoms. The zero-order chi connectivity index (χ0) is 17.0. The van der Waals surface area contributed by atoms with Crippen molar-refractivity contribution < 1.29 is 28.5 Å². The predicted molar refractivity (Wildman–Crippen MR) is 89.8 cm³/mol. The summed E-state index contributed by atoms with van der Waals surface area (Å²) < 4.78 is 27.6. The molecule has 1 aromatic rings. The second-order valence-electron chi connectivity index (χ2n) is 4.88. The van der Waals surface area contributed by atoms with Crippen LogP contribution in [0.15, 0.2) is 24.3 Å². The van der Waals surface area contributed by atoms with E-state index in [2.05, 4.69) is 0 Å². The van der Waals surface area contributed by atoms with Crippen molar-refractivity contribution in [1.82, 2.24) is 0 Å². The van der Waals surface area contributed by atoms with Crippen molar-refractivity contribution in [3.63, 3.8) is 0 Å². The van der Waals surface area contributed by atoms with Gasteiger partial charge in [-0.25, -0.2) is 0 Å². The number of allylic oxidation sites excluding steroid dienone is 1. The molecule has 0 bridgehead atoms. The molecule has 0 aliphatic carbocycles. The maximum atomic E-state index is 10.8. The van der Waals surface area contributed by atoms with E-state index in [1.54, 1.807) is 18.2 Å². The first kappa shape index (κ1) is 18.7. The van der Waals surface area contributed by atoms with Crippen molar-refractivity contribution in [2.24, 2.45) is 0 Å². The highest BCUT2D eigenvalue weighted by molar-refractivity contribution is 6.66. The van der Waals surface area contributed by atoms with Gasteiger partial charge in [0.1, 0.15) is 13.2 Å². The number of carbonyl (C=O) groups is 1. The SMILES string of the molecule is O=C(Cl)/C=C/c1ccc2c(c1)OCCOCCOCCOCCO2. The van der Waals surface area contributed by atoms with E-state index >= 15 is 0 Å². The normalized spacial score (nSPS) is 17.9. The highest BCUT2D eigenvalue weighted by atomic mass is 35.5. The quantitative estimate of drug-likeness (QED) is 0.598. The average Bonchev–Trinajstić information content (AvgIpc) is 2.58. The molecule has 1 aliphatic rings. The van der Waals surface area contributed by atoms with Gasteiger partial charge in [0, 0.05) is 0 Å². The lowest BCUT2D eigenvalue weighted by Gasteiger charge is -2.13. The minimum atomic E-state index is -0.531. The number of rotatable bonds is 2. The fourth-order valence-electron chi connectivity index (χ4n) is 1.99. The monoisotopic (exact) mass is 356 g/mol. The Balaban J connectivity index is 2.04. The molecular weight excluding hydrogens is 336 g/mol. The van der Waals surface area contributed by atoms with Crippen LogP contribution in [-0.4, -0.2) is 58.1 Å². The zero-order valence-corrected chi connectivity index (χ0v) is 14.1. The molecule has 0 saturated carbocycles. The van der Waals surface area contributed by atoms with E-state index in [1.165, 1.54) is 6.08 Å². The molecule has 0 radical (unpaired) electrons. The van der Waals surface area contributed by atoms with Crippen molar-refractivity contribution >= 4 is 22.9 Å². The molecular formula is C17H21ClO6. The van der Waals surface area contributed by atoms with Crippen LogP contribution in [0.2, 0.25) is 0 Å². The summed E-state index contributed by atoms with van der Waals surface area (Å²) in [6, 6.07) is 5.39. The fraction of sp³-hybridized carbons (Fsp3) is 0.471. The Labute approximate surface area is 146 Å². The zero-order valence-electron chi connectivity index (χ0n) is 13.4. The second-order valence-corrected chi connectivity index (χ2v) is 5.25. The van der Waals surface area contributed by atoms with Crippen molar-refractivity contribution in [3.8, 4) is 11.5 Å². The number of halogens is 1. The number of benzene rings is 1. The van der Waals surface area contributed by atoms with Crippen LogP contribution in [0.5, 0.6) is 11.5 Å². The van der Waals surface area contributed by atoms with E-state index in [1.807, 2.05) is 6.07 Å². The standard InChI is InChI=1S/C17H21ClO6/c18-17(19)4-2-14-1-3-15-16(13-14)24-12-10-22-8-6-20-5-7-21-9-11-23-15/h1-4,13H,5-12H2/b4-2+. The topological polar surface area (TPSA) is 63.2 Å². The third-order valence-electron chi connectivity index (χ3n) is 3.09. The van der Waals surface area contributed by atoms with Crippen molar-refractivity contribution in [1.29, 1.82) is 0 Å². The first-order chi connectivity index (χ1) is 11.8. The van der Waals surface area contributed by atoms with E-state index in [0.717, 1.165) is 5.56 Å². The third kappa shape index (κ3) is 7.31. The molecule has 6 nitrogen and oxygen atoms in total. The first-order valence-corrected chi connectivity index (χ1v) is 8.14. The van der Waals surface area contributed by atoms with Crippen LogP contribution >= 0.6 is 11.6 Å². The lowest BCUT2D eigenvalue weighted by Crippen LogP contribution is -2.13. The van der Waals surface area contributed by atoms with E-state index in [9.17, 15) is 4.79 Å². The van der Waals surface area contributed by atoms with E-state index in [0.29, 0.717) is 64.4 Å². The minimum absolute atomic E-state index is 0.383. The first-order valence-electron chi connectivity index (χ1n) is 7.76. The number of carbonyl (C=O) groups excluding carboxylic acids is 1. The molecule has 132 valence electrons. The largest absolute Gasteiger partial charge is 0.487 e. The van der Waals surface area contributed by atoms with Crippen LogP contribution < -0.4 is 9.47 Å². The minimum Gasteiger partial charge on any atom is -0.487 e. The van der Waals surface area contributed by atoms with Gasteiger partial charge in [-0.2, -0.15) is 0 Å². The van der Waals surface area contributed by atoms with Crippen LogP contribution in [0.25, 0.3) is 6.08 Å². The van der Waals surface area contributed by atoms with Gasteiger partial charge in [-0.05, 0) is 35.4 Å². The van der Waals surface area contributed by atoms with Gasteiger partial charge in [-0.15, -0.1) is 0 Å². The fourth-order valence-corrected chi connectivity index (χ4v) is 2.05. The Bertz CT molecular complexity index is 546. The molecule has 0 amide bonds. The van der Waals surface area contributed by atoms with Crippen LogP contribution in [0.4, 0.5) is 0 Å². The van der Waals surface area contributed by atoms with Crippen LogP contribution in [-0.2, 0) is 19.0 Å². The Hall–Kier alpha value is -1.60. The lowest BCUT2D eigenvalue weighted by molar-refractivity contribution is -0.107. The number of hydrogen-bond acceptors (Lipinski definition) is 6. The highest BCUT2D eigenvalue weighted by Crippen LogP contribution is 2.29. The Kier molecular flexibility index (Phi) is 8.62. The summed E-state index contributed by atoms with van der Waals surface area (Å²) in [5, 5.41) is -0.531. The van der Waals surface area contributed by atoms with Gasteiger partial charge in [-0.1, -0.05) is 12.1 Å². The Morgan fingerprint density at radius 1 is 0.833 bits per heavy atom. The summed E-state index contributed by atoms with van der Waals surface area (Å²) >= 11 is 5.31. The number of hydrogen-bond donors (Lipinski definition) is 0.